The highest BCUT2D eigenvalue weighted by Crippen LogP contribution is 2.14. The third-order valence-corrected chi connectivity index (χ3v) is 9.16. The molecule has 0 aliphatic heterocycles. The molecule has 300 valence electrons. The van der Waals surface area contributed by atoms with Crippen molar-refractivity contribution < 1.29 is 43.7 Å². The standard InChI is InChI=1S/C39H65N5O9/c1-43(2)31(29-45)17-12-14-27-41-37(48)34(44(3)4)18-13-15-26-40-35(46)25-24-33(39(51)52)42-36(47)19-11-9-7-5-6-8-10-16-28-53-32-22-20-30(21-23-32)38(49)50/h20-23,29,31,33-34H,5-19,24-28H2,1-4H3,(H,40,46)(H,41,48)(H,42,47)(H,49,50)(H,51,52)/t31-,33-,34-/m0/s1. The van der Waals surface area contributed by atoms with Crippen molar-refractivity contribution in [3.8, 4) is 5.75 Å². The molecule has 0 bridgehead atoms. The van der Waals surface area contributed by atoms with E-state index < -0.39 is 18.0 Å². The molecule has 0 heterocycles. The van der Waals surface area contributed by atoms with E-state index in [4.69, 9.17) is 9.84 Å². The maximum Gasteiger partial charge on any atom is 0.335 e. The molecule has 0 spiro atoms. The third kappa shape index (κ3) is 22.6. The molecule has 3 amide bonds. The first-order valence-electron chi connectivity index (χ1n) is 19.2. The number of ether oxygens (including phenoxy) is 1. The normalized spacial score (nSPS) is 12.9. The molecular weight excluding hydrogens is 682 g/mol. The second kappa shape index (κ2) is 28.5. The number of carboxylic acids is 2. The predicted molar refractivity (Wildman–Crippen MR) is 204 cm³/mol. The van der Waals surface area contributed by atoms with Gasteiger partial charge < -0.3 is 40.6 Å². The molecule has 3 atom stereocenters. The molecule has 0 aromatic heterocycles. The fourth-order valence-corrected chi connectivity index (χ4v) is 5.79. The van der Waals surface area contributed by atoms with Crippen LogP contribution in [-0.2, 0) is 24.0 Å². The number of hydrogen-bond acceptors (Lipinski definition) is 9. The van der Waals surface area contributed by atoms with Gasteiger partial charge in [-0.1, -0.05) is 38.5 Å². The van der Waals surface area contributed by atoms with Crippen LogP contribution in [0.1, 0.15) is 120 Å². The number of unbranched alkanes of at least 4 members (excludes halogenated alkanes) is 9. The van der Waals surface area contributed by atoms with Crippen molar-refractivity contribution >= 4 is 35.9 Å². The van der Waals surface area contributed by atoms with E-state index in [1.54, 1.807) is 12.1 Å². The van der Waals surface area contributed by atoms with Crippen LogP contribution in [0.15, 0.2) is 24.3 Å². The van der Waals surface area contributed by atoms with E-state index in [9.17, 15) is 33.9 Å². The van der Waals surface area contributed by atoms with Gasteiger partial charge in [-0.05, 0) is 110 Å². The molecule has 0 saturated carbocycles. The molecule has 53 heavy (non-hydrogen) atoms. The topological polar surface area (TPSA) is 195 Å². The van der Waals surface area contributed by atoms with E-state index in [-0.39, 0.29) is 54.6 Å². The van der Waals surface area contributed by atoms with E-state index in [0.29, 0.717) is 44.7 Å². The lowest BCUT2D eigenvalue weighted by molar-refractivity contribution is -0.142. The summed E-state index contributed by atoms with van der Waals surface area (Å²) in [7, 11) is 7.46. The largest absolute Gasteiger partial charge is 0.494 e. The van der Waals surface area contributed by atoms with Crippen LogP contribution in [0.25, 0.3) is 0 Å². The lowest BCUT2D eigenvalue weighted by Gasteiger charge is -2.23. The van der Waals surface area contributed by atoms with Crippen LogP contribution in [0.3, 0.4) is 0 Å². The minimum atomic E-state index is -1.17. The molecular formula is C39H65N5O9. The number of benzene rings is 1. The number of rotatable bonds is 32. The quantitative estimate of drug-likeness (QED) is 0.0522. The van der Waals surface area contributed by atoms with Crippen molar-refractivity contribution in [2.24, 2.45) is 0 Å². The molecule has 0 saturated heterocycles. The van der Waals surface area contributed by atoms with Crippen LogP contribution in [0.2, 0.25) is 0 Å². The van der Waals surface area contributed by atoms with Crippen molar-refractivity contribution in [1.29, 1.82) is 0 Å². The Balaban J connectivity index is 2.13. The molecule has 5 N–H and O–H groups in total. The Morgan fingerprint density at radius 1 is 0.679 bits per heavy atom. The molecule has 14 nitrogen and oxygen atoms in total. The summed E-state index contributed by atoms with van der Waals surface area (Å²) in [4.78, 5) is 74.9. The van der Waals surface area contributed by atoms with E-state index in [2.05, 4.69) is 16.0 Å². The molecule has 14 heteroatoms. The number of hydrogen-bond donors (Lipinski definition) is 5. The van der Waals surface area contributed by atoms with Crippen molar-refractivity contribution in [1.82, 2.24) is 25.8 Å². The fourth-order valence-electron chi connectivity index (χ4n) is 5.79. The van der Waals surface area contributed by atoms with Crippen LogP contribution in [0.4, 0.5) is 0 Å². The van der Waals surface area contributed by atoms with Crippen molar-refractivity contribution in [3.05, 3.63) is 29.8 Å². The Morgan fingerprint density at radius 2 is 1.26 bits per heavy atom. The highest BCUT2D eigenvalue weighted by atomic mass is 16.5. The fraction of sp³-hybridized carbons (Fsp3) is 0.692. The number of aliphatic carboxylic acids is 1. The Bertz CT molecular complexity index is 1230. The third-order valence-electron chi connectivity index (χ3n) is 9.16. The number of amides is 3. The van der Waals surface area contributed by atoms with Crippen LogP contribution in [0, 0.1) is 0 Å². The maximum atomic E-state index is 12.7. The Morgan fingerprint density at radius 3 is 1.83 bits per heavy atom. The van der Waals surface area contributed by atoms with Crippen LogP contribution < -0.4 is 20.7 Å². The monoisotopic (exact) mass is 747 g/mol. The minimum Gasteiger partial charge on any atom is -0.494 e. The summed E-state index contributed by atoms with van der Waals surface area (Å²) in [6.45, 7) is 1.54. The average molecular weight is 748 g/mol. The molecule has 1 rings (SSSR count). The van der Waals surface area contributed by atoms with Gasteiger partial charge in [0.05, 0.1) is 24.3 Å². The molecule has 0 unspecified atom stereocenters. The van der Waals surface area contributed by atoms with Gasteiger partial charge in [0, 0.05) is 25.9 Å². The number of carbonyl (C=O) groups excluding carboxylic acids is 4. The smallest absolute Gasteiger partial charge is 0.335 e. The number of carboxylic acid groups (broad SMARTS) is 2. The van der Waals surface area contributed by atoms with Gasteiger partial charge >= 0.3 is 11.9 Å². The average Bonchev–Trinajstić information content (AvgIpc) is 3.11. The van der Waals surface area contributed by atoms with Gasteiger partial charge in [-0.15, -0.1) is 0 Å². The van der Waals surface area contributed by atoms with Gasteiger partial charge in [0.25, 0.3) is 0 Å². The van der Waals surface area contributed by atoms with Gasteiger partial charge in [0.15, 0.2) is 0 Å². The Labute approximate surface area is 315 Å². The first kappa shape index (κ1) is 47.0. The molecule has 0 radical (unpaired) electrons. The van der Waals surface area contributed by atoms with Gasteiger partial charge in [-0.25, -0.2) is 9.59 Å². The van der Waals surface area contributed by atoms with Gasteiger partial charge in [-0.2, -0.15) is 0 Å². The number of nitrogens with zero attached hydrogens (tertiary/aromatic N) is 2. The van der Waals surface area contributed by atoms with Crippen LogP contribution in [-0.4, -0.2) is 122 Å². The lowest BCUT2D eigenvalue weighted by atomic mass is 10.1. The maximum absolute atomic E-state index is 12.7. The van der Waals surface area contributed by atoms with E-state index in [1.165, 1.54) is 12.1 Å². The van der Waals surface area contributed by atoms with Gasteiger partial charge in [0.1, 0.15) is 18.1 Å². The number of carbonyl (C=O) groups is 6. The highest BCUT2D eigenvalue weighted by molar-refractivity contribution is 5.87. The van der Waals surface area contributed by atoms with Crippen molar-refractivity contribution in [2.45, 2.75) is 127 Å². The van der Waals surface area contributed by atoms with Crippen LogP contribution >= 0.6 is 0 Å². The zero-order chi connectivity index (χ0) is 39.4. The second-order valence-corrected chi connectivity index (χ2v) is 14.0. The summed E-state index contributed by atoms with van der Waals surface area (Å²) in [5.41, 5.74) is 0.230. The summed E-state index contributed by atoms with van der Waals surface area (Å²) >= 11 is 0. The van der Waals surface area contributed by atoms with E-state index >= 15 is 0 Å². The molecule has 0 aliphatic rings. The lowest BCUT2D eigenvalue weighted by Crippen LogP contribution is -2.44. The zero-order valence-corrected chi connectivity index (χ0v) is 32.4. The van der Waals surface area contributed by atoms with Crippen molar-refractivity contribution in [3.63, 3.8) is 0 Å². The van der Waals surface area contributed by atoms with E-state index in [1.807, 2.05) is 38.0 Å². The first-order chi connectivity index (χ1) is 25.3. The predicted octanol–water partition coefficient (Wildman–Crippen LogP) is 4.26. The summed E-state index contributed by atoms with van der Waals surface area (Å²) in [6, 6.07) is 4.84. The molecule has 1 aromatic rings. The van der Waals surface area contributed by atoms with Crippen LogP contribution in [0.5, 0.6) is 5.75 Å². The highest BCUT2D eigenvalue weighted by Gasteiger charge is 2.22. The summed E-state index contributed by atoms with van der Waals surface area (Å²) in [6.07, 6.45) is 13.3. The van der Waals surface area contributed by atoms with Gasteiger partial charge in [-0.3, -0.25) is 19.3 Å². The summed E-state index contributed by atoms with van der Waals surface area (Å²) < 4.78 is 5.65. The first-order valence-corrected chi connectivity index (χ1v) is 19.2. The van der Waals surface area contributed by atoms with Gasteiger partial charge in [0.2, 0.25) is 17.7 Å². The number of aldehydes is 1. The number of nitrogens with one attached hydrogen (secondary N) is 3. The number of likely N-dealkylation sites (N-methyl/N-ethyl adjacent to an activating group) is 2. The van der Waals surface area contributed by atoms with Crippen molar-refractivity contribution in [2.75, 3.05) is 47.9 Å². The Hall–Kier alpha value is -4.04. The molecule has 0 fully saturated rings. The Kier molecular flexibility index (Phi) is 25.2. The van der Waals surface area contributed by atoms with E-state index in [0.717, 1.165) is 76.9 Å². The summed E-state index contributed by atoms with van der Waals surface area (Å²) in [5, 5.41) is 26.8. The zero-order valence-electron chi connectivity index (χ0n) is 32.4. The number of aromatic carboxylic acids is 1. The molecule has 0 aliphatic carbocycles. The second-order valence-electron chi connectivity index (χ2n) is 14.0. The SMILES string of the molecule is CN(C)[C@H](C=O)CCCCNC(=O)[C@H](CCCCNC(=O)CC[C@H](NC(=O)CCCCCCCCCCOc1ccc(C(=O)O)cc1)C(=O)O)N(C)C. The molecule has 1 aromatic carbocycles. The minimum absolute atomic E-state index is 0.00275. The summed E-state index contributed by atoms with van der Waals surface area (Å²) in [5.74, 6) is -2.12.